The molecule has 34 heavy (non-hydrogen) atoms. The second-order valence-corrected chi connectivity index (χ2v) is 8.65. The van der Waals surface area contributed by atoms with E-state index >= 15 is 0 Å². The lowest BCUT2D eigenvalue weighted by Gasteiger charge is -2.34. The largest absolute Gasteiger partial charge is 0.494 e. The highest BCUT2D eigenvalue weighted by Crippen LogP contribution is 2.23. The van der Waals surface area contributed by atoms with Crippen molar-refractivity contribution in [2.24, 2.45) is 5.73 Å². The van der Waals surface area contributed by atoms with E-state index in [-0.39, 0.29) is 29.8 Å². The summed E-state index contributed by atoms with van der Waals surface area (Å²) in [7, 11) is 0. The lowest BCUT2D eigenvalue weighted by Crippen LogP contribution is -2.52. The van der Waals surface area contributed by atoms with E-state index in [0.717, 1.165) is 24.4 Å². The standard InChI is InChI=1S/C25H32N6O3/c1-19-5-2-12-29(19)13-4-16-34-21-8-6-20(7-9-21)31-15-14-30(18-23(31)32)25(33)22(17-26)24-27-10-3-11-28-24/h3,6-11,17,19H,2,4-5,12-16,18,26H2,1H3. The topological polar surface area (TPSA) is 105 Å². The molecule has 0 spiro atoms. The average molecular weight is 465 g/mol. The van der Waals surface area contributed by atoms with Gasteiger partial charge >= 0.3 is 0 Å². The van der Waals surface area contributed by atoms with Crippen molar-refractivity contribution in [2.75, 3.05) is 44.2 Å². The van der Waals surface area contributed by atoms with Crippen LogP contribution in [0, 0.1) is 0 Å². The van der Waals surface area contributed by atoms with Crippen LogP contribution in [0.25, 0.3) is 5.57 Å². The molecule has 0 saturated carbocycles. The molecule has 9 nitrogen and oxygen atoms in total. The molecule has 4 rings (SSSR count). The maximum absolute atomic E-state index is 12.9. The molecule has 2 aliphatic heterocycles. The summed E-state index contributed by atoms with van der Waals surface area (Å²) >= 11 is 0. The third kappa shape index (κ3) is 5.53. The van der Waals surface area contributed by atoms with E-state index in [0.29, 0.717) is 25.7 Å². The second kappa shape index (κ2) is 11.1. The number of piperazine rings is 1. The minimum absolute atomic E-state index is 0.0316. The lowest BCUT2D eigenvalue weighted by atomic mass is 10.2. The van der Waals surface area contributed by atoms with Crippen LogP contribution in [0.5, 0.6) is 5.75 Å². The number of carbonyl (C=O) groups excluding carboxylic acids is 2. The van der Waals surface area contributed by atoms with Crippen LogP contribution in [-0.4, -0.2) is 77.0 Å². The summed E-state index contributed by atoms with van der Waals surface area (Å²) in [6.45, 7) is 5.96. The van der Waals surface area contributed by atoms with Gasteiger partial charge in [-0.05, 0) is 63.1 Å². The zero-order valence-electron chi connectivity index (χ0n) is 19.6. The van der Waals surface area contributed by atoms with Crippen molar-refractivity contribution in [2.45, 2.75) is 32.2 Å². The van der Waals surface area contributed by atoms with Gasteiger partial charge in [-0.2, -0.15) is 0 Å². The van der Waals surface area contributed by atoms with E-state index in [1.807, 2.05) is 24.3 Å². The summed E-state index contributed by atoms with van der Waals surface area (Å²) in [4.78, 5) is 39.6. The van der Waals surface area contributed by atoms with Crippen LogP contribution >= 0.6 is 0 Å². The number of benzene rings is 1. The van der Waals surface area contributed by atoms with Crippen LogP contribution in [0.4, 0.5) is 5.69 Å². The minimum atomic E-state index is -0.353. The van der Waals surface area contributed by atoms with Gasteiger partial charge in [-0.15, -0.1) is 0 Å². The Kier molecular flexibility index (Phi) is 7.74. The SMILES string of the molecule is CC1CCCN1CCCOc1ccc(N2CCN(C(=O)C(=CN)c3ncccn3)CC2=O)cc1. The molecule has 1 aromatic carbocycles. The summed E-state index contributed by atoms with van der Waals surface area (Å²) in [5.74, 6) is 0.530. The Morgan fingerprint density at radius 3 is 2.59 bits per heavy atom. The van der Waals surface area contributed by atoms with Crippen molar-refractivity contribution >= 4 is 23.1 Å². The van der Waals surface area contributed by atoms with Crippen LogP contribution in [-0.2, 0) is 9.59 Å². The smallest absolute Gasteiger partial charge is 0.259 e. The molecular weight excluding hydrogens is 432 g/mol. The number of nitrogens with zero attached hydrogens (tertiary/aromatic N) is 5. The van der Waals surface area contributed by atoms with Gasteiger partial charge < -0.3 is 25.2 Å². The highest BCUT2D eigenvalue weighted by Gasteiger charge is 2.30. The van der Waals surface area contributed by atoms with Gasteiger partial charge in [-0.3, -0.25) is 9.59 Å². The Morgan fingerprint density at radius 1 is 1.18 bits per heavy atom. The molecular formula is C25H32N6O3. The van der Waals surface area contributed by atoms with Crippen molar-refractivity contribution in [1.82, 2.24) is 19.8 Å². The number of nitrogens with two attached hydrogens (primary N) is 1. The first-order chi connectivity index (χ1) is 16.6. The number of carbonyl (C=O) groups is 2. The molecule has 2 N–H and O–H groups in total. The Hall–Kier alpha value is -3.46. The monoisotopic (exact) mass is 464 g/mol. The van der Waals surface area contributed by atoms with Crippen molar-refractivity contribution in [1.29, 1.82) is 0 Å². The summed E-state index contributed by atoms with van der Waals surface area (Å²) in [6, 6.07) is 9.89. The molecule has 2 amide bonds. The zero-order valence-corrected chi connectivity index (χ0v) is 19.6. The molecule has 2 aliphatic rings. The Labute approximate surface area is 200 Å². The van der Waals surface area contributed by atoms with Crippen LogP contribution in [0.2, 0.25) is 0 Å². The van der Waals surface area contributed by atoms with Crippen LogP contribution in [0.15, 0.2) is 48.9 Å². The summed E-state index contributed by atoms with van der Waals surface area (Å²) in [5, 5.41) is 0. The molecule has 1 unspecified atom stereocenters. The number of likely N-dealkylation sites (tertiary alicyclic amines) is 1. The number of aromatic nitrogens is 2. The molecule has 0 bridgehead atoms. The van der Waals surface area contributed by atoms with Gasteiger partial charge in [0.05, 0.1) is 12.2 Å². The van der Waals surface area contributed by atoms with Crippen molar-refractivity contribution in [3.8, 4) is 5.75 Å². The predicted molar refractivity (Wildman–Crippen MR) is 130 cm³/mol. The van der Waals surface area contributed by atoms with Gasteiger partial charge in [0.2, 0.25) is 5.91 Å². The number of anilines is 1. The lowest BCUT2D eigenvalue weighted by molar-refractivity contribution is -0.132. The molecule has 9 heteroatoms. The average Bonchev–Trinajstić information content (AvgIpc) is 3.28. The number of ether oxygens (including phenoxy) is 1. The van der Waals surface area contributed by atoms with E-state index < -0.39 is 0 Å². The molecule has 2 fully saturated rings. The predicted octanol–water partition coefficient (Wildman–Crippen LogP) is 1.90. The minimum Gasteiger partial charge on any atom is -0.494 e. The summed E-state index contributed by atoms with van der Waals surface area (Å²) in [5.41, 5.74) is 6.63. The number of hydrogen-bond donors (Lipinski definition) is 1. The first-order valence-corrected chi connectivity index (χ1v) is 11.8. The molecule has 3 heterocycles. The van der Waals surface area contributed by atoms with E-state index in [1.54, 1.807) is 23.4 Å². The second-order valence-electron chi connectivity index (χ2n) is 8.65. The number of rotatable bonds is 8. The molecule has 180 valence electrons. The van der Waals surface area contributed by atoms with Gasteiger partial charge in [-0.25, -0.2) is 9.97 Å². The van der Waals surface area contributed by atoms with Crippen LogP contribution in [0.1, 0.15) is 32.0 Å². The Morgan fingerprint density at radius 2 is 1.94 bits per heavy atom. The van der Waals surface area contributed by atoms with Crippen molar-refractivity contribution in [3.63, 3.8) is 0 Å². The third-order valence-electron chi connectivity index (χ3n) is 6.41. The third-order valence-corrected chi connectivity index (χ3v) is 6.41. The van der Waals surface area contributed by atoms with Gasteiger partial charge in [0.1, 0.15) is 12.3 Å². The molecule has 1 atom stereocenters. The molecule has 1 aromatic heterocycles. The van der Waals surface area contributed by atoms with E-state index in [2.05, 4.69) is 21.8 Å². The normalized spacial score (nSPS) is 19.5. The molecule has 2 saturated heterocycles. The first kappa shape index (κ1) is 23.7. The Bertz CT molecular complexity index is 1010. The van der Waals surface area contributed by atoms with Gasteiger partial charge in [-0.1, -0.05) is 0 Å². The fourth-order valence-electron chi connectivity index (χ4n) is 4.47. The molecule has 0 aliphatic carbocycles. The molecule has 2 aromatic rings. The highest BCUT2D eigenvalue weighted by atomic mass is 16.5. The Balaban J connectivity index is 1.27. The van der Waals surface area contributed by atoms with Gasteiger partial charge in [0.15, 0.2) is 5.82 Å². The van der Waals surface area contributed by atoms with Crippen molar-refractivity contribution in [3.05, 3.63) is 54.7 Å². The van der Waals surface area contributed by atoms with Crippen molar-refractivity contribution < 1.29 is 14.3 Å². The first-order valence-electron chi connectivity index (χ1n) is 11.8. The van der Waals surface area contributed by atoms with E-state index in [4.69, 9.17) is 10.5 Å². The fraction of sp³-hybridized carbons (Fsp3) is 0.440. The quantitative estimate of drug-likeness (QED) is 0.470. The zero-order chi connectivity index (χ0) is 23.9. The highest BCUT2D eigenvalue weighted by molar-refractivity contribution is 6.19. The summed E-state index contributed by atoms with van der Waals surface area (Å²) < 4.78 is 5.89. The number of amides is 2. The van der Waals surface area contributed by atoms with Crippen LogP contribution in [0.3, 0.4) is 0 Å². The van der Waals surface area contributed by atoms with Gasteiger partial charge in [0, 0.05) is 50.0 Å². The van der Waals surface area contributed by atoms with Crippen LogP contribution < -0.4 is 15.4 Å². The van der Waals surface area contributed by atoms with E-state index in [1.165, 1.54) is 30.5 Å². The molecule has 0 radical (unpaired) electrons. The summed E-state index contributed by atoms with van der Waals surface area (Å²) in [6.07, 6.45) is 7.85. The number of hydrogen-bond acceptors (Lipinski definition) is 7. The van der Waals surface area contributed by atoms with Gasteiger partial charge in [0.25, 0.3) is 5.91 Å². The van der Waals surface area contributed by atoms with E-state index in [9.17, 15) is 9.59 Å². The maximum Gasteiger partial charge on any atom is 0.259 e. The fourth-order valence-corrected chi connectivity index (χ4v) is 4.47. The maximum atomic E-state index is 12.9.